The largest absolute Gasteiger partial charge is 0.459 e. The van der Waals surface area contributed by atoms with E-state index in [0.717, 1.165) is 27.3 Å². The second-order valence-electron chi connectivity index (χ2n) is 3.74. The lowest BCUT2D eigenvalue weighted by Gasteiger charge is -2.06. The quantitative estimate of drug-likeness (QED) is 0.840. The molecule has 3 heteroatoms. The maximum Gasteiger partial charge on any atom is 0.134 e. The Morgan fingerprint density at radius 1 is 1.40 bits per heavy atom. The molecule has 15 heavy (non-hydrogen) atoms. The van der Waals surface area contributed by atoms with Crippen LogP contribution in [-0.4, -0.2) is 7.05 Å². The second-order valence-corrected chi connectivity index (χ2v) is 4.18. The van der Waals surface area contributed by atoms with Crippen LogP contribution in [0.5, 0.6) is 0 Å². The van der Waals surface area contributed by atoms with Gasteiger partial charge in [0.1, 0.15) is 11.3 Å². The van der Waals surface area contributed by atoms with Gasteiger partial charge in [0.05, 0.1) is 6.04 Å². The molecule has 0 aliphatic rings. The molecule has 1 heterocycles. The lowest BCUT2D eigenvalue weighted by atomic mass is 10.1. The number of nitrogens with one attached hydrogen (secondary N) is 1. The topological polar surface area (TPSA) is 25.2 Å². The molecule has 1 aromatic heterocycles. The van der Waals surface area contributed by atoms with Crippen molar-refractivity contribution in [2.75, 3.05) is 7.05 Å². The second kappa shape index (κ2) is 3.87. The van der Waals surface area contributed by atoms with E-state index >= 15 is 0 Å². The zero-order valence-electron chi connectivity index (χ0n) is 9.10. The van der Waals surface area contributed by atoms with Crippen LogP contribution in [0, 0.1) is 6.92 Å². The molecule has 0 spiro atoms. The Morgan fingerprint density at radius 2 is 2.13 bits per heavy atom. The molecule has 0 aliphatic carbocycles. The van der Waals surface area contributed by atoms with Crippen LogP contribution in [-0.2, 0) is 0 Å². The highest BCUT2D eigenvalue weighted by atomic mass is 35.5. The summed E-state index contributed by atoms with van der Waals surface area (Å²) in [5.74, 6) is 0.981. The normalized spacial score (nSPS) is 13.3. The summed E-state index contributed by atoms with van der Waals surface area (Å²) >= 11 is 5.96. The molecule has 0 radical (unpaired) electrons. The molecule has 1 unspecified atom stereocenters. The standard InChI is InChI=1S/C12H14ClNO/c1-7-10-6-9(13)4-5-11(10)15-12(7)8(2)14-3/h4-6,8,14H,1-3H3. The van der Waals surface area contributed by atoms with Gasteiger partial charge < -0.3 is 9.73 Å². The maximum absolute atomic E-state index is 5.96. The molecule has 0 fully saturated rings. The van der Waals surface area contributed by atoms with E-state index in [2.05, 4.69) is 19.2 Å². The predicted molar refractivity (Wildman–Crippen MR) is 63.4 cm³/mol. The van der Waals surface area contributed by atoms with E-state index in [-0.39, 0.29) is 6.04 Å². The molecule has 2 nitrogen and oxygen atoms in total. The fourth-order valence-electron chi connectivity index (χ4n) is 1.76. The van der Waals surface area contributed by atoms with Crippen molar-refractivity contribution >= 4 is 22.6 Å². The molecule has 0 aliphatic heterocycles. The van der Waals surface area contributed by atoms with Crippen molar-refractivity contribution in [1.82, 2.24) is 5.32 Å². The molecule has 0 saturated carbocycles. The minimum Gasteiger partial charge on any atom is -0.459 e. The summed E-state index contributed by atoms with van der Waals surface area (Å²) in [4.78, 5) is 0. The van der Waals surface area contributed by atoms with Gasteiger partial charge in [-0.3, -0.25) is 0 Å². The Labute approximate surface area is 94.2 Å². The highest BCUT2D eigenvalue weighted by molar-refractivity contribution is 6.31. The third-order valence-electron chi connectivity index (χ3n) is 2.76. The lowest BCUT2D eigenvalue weighted by Crippen LogP contribution is -2.12. The van der Waals surface area contributed by atoms with Crippen LogP contribution in [0.1, 0.15) is 24.3 Å². The summed E-state index contributed by atoms with van der Waals surface area (Å²) in [6, 6.07) is 5.93. The van der Waals surface area contributed by atoms with Crippen LogP contribution in [0.4, 0.5) is 0 Å². The smallest absolute Gasteiger partial charge is 0.134 e. The Kier molecular flexibility index (Phi) is 2.72. The summed E-state index contributed by atoms with van der Waals surface area (Å²) in [5.41, 5.74) is 2.06. The lowest BCUT2D eigenvalue weighted by molar-refractivity contribution is 0.471. The number of fused-ring (bicyclic) bond motifs is 1. The van der Waals surface area contributed by atoms with Crippen LogP contribution in [0.3, 0.4) is 0 Å². The Bertz CT molecular complexity index is 490. The van der Waals surface area contributed by atoms with E-state index < -0.39 is 0 Å². The van der Waals surface area contributed by atoms with Crippen LogP contribution >= 0.6 is 11.6 Å². The van der Waals surface area contributed by atoms with Crippen molar-refractivity contribution in [3.8, 4) is 0 Å². The zero-order chi connectivity index (χ0) is 11.0. The fourth-order valence-corrected chi connectivity index (χ4v) is 1.93. The minimum atomic E-state index is 0.219. The molecular weight excluding hydrogens is 210 g/mol. The molecule has 1 N–H and O–H groups in total. The number of benzene rings is 1. The minimum absolute atomic E-state index is 0.219. The van der Waals surface area contributed by atoms with Crippen LogP contribution in [0.15, 0.2) is 22.6 Å². The molecule has 0 bridgehead atoms. The fraction of sp³-hybridized carbons (Fsp3) is 0.333. The van der Waals surface area contributed by atoms with Crippen molar-refractivity contribution in [2.24, 2.45) is 0 Å². The highest BCUT2D eigenvalue weighted by Gasteiger charge is 2.14. The average molecular weight is 224 g/mol. The first-order valence-corrected chi connectivity index (χ1v) is 5.37. The average Bonchev–Trinajstić information content (AvgIpc) is 2.55. The monoisotopic (exact) mass is 223 g/mol. The molecule has 1 atom stereocenters. The SMILES string of the molecule is CNC(C)c1oc2ccc(Cl)cc2c1C. The number of hydrogen-bond acceptors (Lipinski definition) is 2. The van der Waals surface area contributed by atoms with E-state index in [1.807, 2.05) is 25.2 Å². The first-order chi connectivity index (χ1) is 7.13. The Balaban J connectivity index is 2.64. The van der Waals surface area contributed by atoms with Crippen molar-refractivity contribution in [1.29, 1.82) is 0 Å². The first kappa shape index (κ1) is 10.5. The number of hydrogen-bond donors (Lipinski definition) is 1. The van der Waals surface area contributed by atoms with Crippen molar-refractivity contribution in [3.05, 3.63) is 34.5 Å². The molecule has 2 rings (SSSR count). The summed E-state index contributed by atoms with van der Waals surface area (Å²) in [6.07, 6.45) is 0. The third-order valence-corrected chi connectivity index (χ3v) is 3.00. The molecular formula is C12H14ClNO. The molecule has 0 saturated heterocycles. The van der Waals surface area contributed by atoms with E-state index in [1.54, 1.807) is 0 Å². The molecule has 1 aromatic carbocycles. The van der Waals surface area contributed by atoms with Gasteiger partial charge in [0.25, 0.3) is 0 Å². The summed E-state index contributed by atoms with van der Waals surface area (Å²) in [5, 5.41) is 5.01. The number of furan rings is 1. The molecule has 2 aromatic rings. The van der Waals surface area contributed by atoms with Gasteiger partial charge in [-0.1, -0.05) is 11.6 Å². The first-order valence-electron chi connectivity index (χ1n) is 4.99. The summed E-state index contributed by atoms with van der Waals surface area (Å²) < 4.78 is 5.79. The van der Waals surface area contributed by atoms with E-state index in [9.17, 15) is 0 Å². The van der Waals surface area contributed by atoms with Gasteiger partial charge in [0.15, 0.2) is 0 Å². The van der Waals surface area contributed by atoms with Gasteiger partial charge >= 0.3 is 0 Å². The predicted octanol–water partition coefficient (Wildman–Crippen LogP) is 3.68. The highest BCUT2D eigenvalue weighted by Crippen LogP contribution is 2.30. The number of rotatable bonds is 2. The maximum atomic E-state index is 5.96. The van der Waals surface area contributed by atoms with Crippen LogP contribution in [0.2, 0.25) is 5.02 Å². The van der Waals surface area contributed by atoms with Gasteiger partial charge in [0, 0.05) is 16.0 Å². The van der Waals surface area contributed by atoms with Gasteiger partial charge in [-0.15, -0.1) is 0 Å². The summed E-state index contributed by atoms with van der Waals surface area (Å²) in [7, 11) is 1.92. The molecule has 80 valence electrons. The zero-order valence-corrected chi connectivity index (χ0v) is 9.85. The van der Waals surface area contributed by atoms with Crippen molar-refractivity contribution < 1.29 is 4.42 Å². The van der Waals surface area contributed by atoms with Crippen LogP contribution < -0.4 is 5.32 Å². The van der Waals surface area contributed by atoms with Gasteiger partial charge in [-0.25, -0.2) is 0 Å². The number of halogens is 1. The van der Waals surface area contributed by atoms with Gasteiger partial charge in [-0.2, -0.15) is 0 Å². The van der Waals surface area contributed by atoms with Crippen LogP contribution in [0.25, 0.3) is 11.0 Å². The van der Waals surface area contributed by atoms with Crippen molar-refractivity contribution in [2.45, 2.75) is 19.9 Å². The Morgan fingerprint density at radius 3 is 2.80 bits per heavy atom. The van der Waals surface area contributed by atoms with Gasteiger partial charge in [-0.05, 0) is 39.1 Å². The van der Waals surface area contributed by atoms with E-state index in [4.69, 9.17) is 16.0 Å². The molecule has 0 amide bonds. The summed E-state index contributed by atoms with van der Waals surface area (Å²) in [6.45, 7) is 4.14. The Hall–Kier alpha value is -0.990. The van der Waals surface area contributed by atoms with E-state index in [1.165, 1.54) is 0 Å². The van der Waals surface area contributed by atoms with Crippen molar-refractivity contribution in [3.63, 3.8) is 0 Å². The third kappa shape index (κ3) is 1.75. The van der Waals surface area contributed by atoms with Gasteiger partial charge in [0.2, 0.25) is 0 Å². The van der Waals surface area contributed by atoms with E-state index in [0.29, 0.717) is 0 Å². The number of aryl methyl sites for hydroxylation is 1.